The van der Waals surface area contributed by atoms with E-state index in [4.69, 9.17) is 9.84 Å². The number of aromatic nitrogens is 3. The molecule has 0 aliphatic rings. The highest BCUT2D eigenvalue weighted by atomic mass is 16.5. The van der Waals surface area contributed by atoms with E-state index in [1.54, 1.807) is 11.0 Å². The summed E-state index contributed by atoms with van der Waals surface area (Å²) in [6.45, 7) is 2.77. The first-order chi connectivity index (χ1) is 7.34. The molecule has 0 fully saturated rings. The third-order valence-electron chi connectivity index (χ3n) is 1.97. The number of ether oxygens (including phenoxy) is 1. The molecule has 0 bridgehead atoms. The summed E-state index contributed by atoms with van der Waals surface area (Å²) in [5.41, 5.74) is 0. The van der Waals surface area contributed by atoms with Crippen molar-refractivity contribution >= 4 is 0 Å². The minimum absolute atomic E-state index is 0.0897. The third kappa shape index (κ3) is 4.87. The molecule has 0 unspecified atom stereocenters. The Morgan fingerprint density at radius 3 is 3.07 bits per heavy atom. The van der Waals surface area contributed by atoms with Gasteiger partial charge in [-0.15, -0.1) is 0 Å². The Morgan fingerprint density at radius 1 is 1.53 bits per heavy atom. The van der Waals surface area contributed by atoms with Crippen molar-refractivity contribution in [2.75, 3.05) is 26.4 Å². The maximum atomic E-state index is 8.47. The monoisotopic (exact) mass is 214 g/mol. The minimum Gasteiger partial charge on any atom is -0.394 e. The molecule has 0 atom stereocenters. The Morgan fingerprint density at radius 2 is 2.40 bits per heavy atom. The lowest BCUT2D eigenvalue weighted by atomic mass is 10.4. The van der Waals surface area contributed by atoms with E-state index < -0.39 is 0 Å². The van der Waals surface area contributed by atoms with Gasteiger partial charge in [0.2, 0.25) is 0 Å². The van der Waals surface area contributed by atoms with Gasteiger partial charge in [-0.1, -0.05) is 0 Å². The fourth-order valence-electron chi connectivity index (χ4n) is 1.15. The number of hydrogen-bond donors (Lipinski definition) is 2. The number of aryl methyl sites for hydroxylation is 1. The van der Waals surface area contributed by atoms with Crippen LogP contribution in [-0.4, -0.2) is 46.2 Å². The lowest BCUT2D eigenvalue weighted by Crippen LogP contribution is -2.19. The van der Waals surface area contributed by atoms with Crippen molar-refractivity contribution in [1.82, 2.24) is 20.1 Å². The zero-order valence-corrected chi connectivity index (χ0v) is 9.02. The molecule has 0 aromatic carbocycles. The third-order valence-corrected chi connectivity index (χ3v) is 1.97. The molecule has 0 aliphatic carbocycles. The van der Waals surface area contributed by atoms with Gasteiger partial charge >= 0.3 is 0 Å². The molecular weight excluding hydrogens is 196 g/mol. The number of hydrogen-bond acceptors (Lipinski definition) is 5. The highest BCUT2D eigenvalue weighted by Crippen LogP contribution is 1.89. The van der Waals surface area contributed by atoms with Crippen molar-refractivity contribution in [2.45, 2.75) is 13.0 Å². The summed E-state index contributed by atoms with van der Waals surface area (Å²) in [5, 5.41) is 15.7. The maximum Gasteiger partial charge on any atom is 0.140 e. The molecule has 0 saturated heterocycles. The van der Waals surface area contributed by atoms with Crippen molar-refractivity contribution in [3.8, 4) is 0 Å². The largest absolute Gasteiger partial charge is 0.394 e. The van der Waals surface area contributed by atoms with Crippen LogP contribution < -0.4 is 5.32 Å². The molecule has 0 spiro atoms. The predicted molar refractivity (Wildman–Crippen MR) is 55.2 cm³/mol. The summed E-state index contributed by atoms with van der Waals surface area (Å²) in [7, 11) is 1.87. The van der Waals surface area contributed by atoms with Gasteiger partial charge in [0.25, 0.3) is 0 Å². The van der Waals surface area contributed by atoms with Crippen LogP contribution in [0.5, 0.6) is 0 Å². The van der Waals surface area contributed by atoms with Crippen molar-refractivity contribution in [3.63, 3.8) is 0 Å². The van der Waals surface area contributed by atoms with E-state index in [1.165, 1.54) is 0 Å². The minimum atomic E-state index is 0.0897. The molecule has 6 heteroatoms. The molecule has 6 nitrogen and oxygen atoms in total. The van der Waals surface area contributed by atoms with Crippen LogP contribution in [0.2, 0.25) is 0 Å². The second-order valence-corrected chi connectivity index (χ2v) is 3.17. The van der Waals surface area contributed by atoms with Crippen molar-refractivity contribution in [3.05, 3.63) is 12.2 Å². The van der Waals surface area contributed by atoms with Gasteiger partial charge in [0.1, 0.15) is 12.2 Å². The first-order valence-electron chi connectivity index (χ1n) is 5.07. The summed E-state index contributed by atoms with van der Waals surface area (Å²) in [6, 6.07) is 0. The topological polar surface area (TPSA) is 72.2 Å². The van der Waals surface area contributed by atoms with E-state index in [0.29, 0.717) is 13.2 Å². The summed E-state index contributed by atoms with van der Waals surface area (Å²) in [5.74, 6) is 0.922. The second-order valence-electron chi connectivity index (χ2n) is 3.17. The molecule has 86 valence electrons. The molecule has 0 saturated carbocycles. The Hall–Kier alpha value is -0.980. The lowest BCUT2D eigenvalue weighted by Gasteiger charge is -2.04. The molecule has 0 radical (unpaired) electrons. The smallest absolute Gasteiger partial charge is 0.140 e. The van der Waals surface area contributed by atoms with E-state index in [1.807, 2.05) is 7.05 Å². The van der Waals surface area contributed by atoms with Crippen molar-refractivity contribution in [2.24, 2.45) is 7.05 Å². The summed E-state index contributed by atoms with van der Waals surface area (Å²) in [6.07, 6.45) is 2.47. The second kappa shape index (κ2) is 7.33. The van der Waals surface area contributed by atoms with Gasteiger partial charge in [-0.25, -0.2) is 4.98 Å². The quantitative estimate of drug-likeness (QED) is 0.560. The summed E-state index contributed by atoms with van der Waals surface area (Å²) in [4.78, 5) is 4.09. The Bertz CT molecular complexity index is 264. The number of aliphatic hydroxyl groups excluding tert-OH is 1. The molecule has 15 heavy (non-hydrogen) atoms. The van der Waals surface area contributed by atoms with Crippen LogP contribution in [0.25, 0.3) is 0 Å². The van der Waals surface area contributed by atoms with E-state index in [9.17, 15) is 0 Å². The van der Waals surface area contributed by atoms with Gasteiger partial charge in [-0.2, -0.15) is 5.10 Å². The molecule has 0 amide bonds. The number of aliphatic hydroxyl groups is 1. The van der Waals surface area contributed by atoms with Gasteiger partial charge in [0.05, 0.1) is 19.8 Å². The Labute approximate surface area is 89.3 Å². The van der Waals surface area contributed by atoms with Crippen LogP contribution >= 0.6 is 0 Å². The highest BCUT2D eigenvalue weighted by Gasteiger charge is 1.98. The van der Waals surface area contributed by atoms with Crippen LogP contribution in [0.15, 0.2) is 6.33 Å². The zero-order chi connectivity index (χ0) is 10.9. The Balaban J connectivity index is 1.96. The molecule has 1 aromatic heterocycles. The van der Waals surface area contributed by atoms with E-state index in [2.05, 4.69) is 15.4 Å². The predicted octanol–water partition coefficient (Wildman–Crippen LogP) is -0.696. The van der Waals surface area contributed by atoms with Gasteiger partial charge in [-0.05, 0) is 13.0 Å². The summed E-state index contributed by atoms with van der Waals surface area (Å²) >= 11 is 0. The van der Waals surface area contributed by atoms with Crippen molar-refractivity contribution < 1.29 is 9.84 Å². The van der Waals surface area contributed by atoms with E-state index in [-0.39, 0.29) is 6.61 Å². The zero-order valence-electron chi connectivity index (χ0n) is 9.02. The Kier molecular flexibility index (Phi) is 5.91. The van der Waals surface area contributed by atoms with Crippen LogP contribution in [0.4, 0.5) is 0 Å². The normalized spacial score (nSPS) is 10.8. The molecule has 0 aliphatic heterocycles. The van der Waals surface area contributed by atoms with Gasteiger partial charge in [0, 0.05) is 13.7 Å². The standard InChI is InChI=1S/C9H18N4O2/c1-13-9(11-8-12-13)7-10-3-2-5-15-6-4-14/h8,10,14H,2-7H2,1H3. The van der Waals surface area contributed by atoms with E-state index in [0.717, 1.165) is 25.3 Å². The molecule has 1 rings (SSSR count). The lowest BCUT2D eigenvalue weighted by molar-refractivity contribution is 0.0907. The molecule has 1 heterocycles. The number of rotatable bonds is 8. The fourth-order valence-corrected chi connectivity index (χ4v) is 1.15. The van der Waals surface area contributed by atoms with Gasteiger partial charge < -0.3 is 15.2 Å². The SMILES string of the molecule is Cn1ncnc1CNCCCOCCO. The van der Waals surface area contributed by atoms with Crippen LogP contribution in [0.1, 0.15) is 12.2 Å². The van der Waals surface area contributed by atoms with Crippen LogP contribution in [-0.2, 0) is 18.3 Å². The fraction of sp³-hybridized carbons (Fsp3) is 0.778. The maximum absolute atomic E-state index is 8.47. The number of nitrogens with one attached hydrogen (secondary N) is 1. The first-order valence-corrected chi connectivity index (χ1v) is 5.07. The van der Waals surface area contributed by atoms with Crippen LogP contribution in [0.3, 0.4) is 0 Å². The van der Waals surface area contributed by atoms with Gasteiger partial charge in [-0.3, -0.25) is 4.68 Å². The van der Waals surface area contributed by atoms with Gasteiger partial charge in [0.15, 0.2) is 0 Å². The first kappa shape index (κ1) is 12.1. The highest BCUT2D eigenvalue weighted by molar-refractivity contribution is 4.81. The van der Waals surface area contributed by atoms with Crippen LogP contribution in [0, 0.1) is 0 Å². The van der Waals surface area contributed by atoms with Crippen molar-refractivity contribution in [1.29, 1.82) is 0 Å². The summed E-state index contributed by atoms with van der Waals surface area (Å²) < 4.78 is 6.87. The average molecular weight is 214 g/mol. The molecule has 2 N–H and O–H groups in total. The number of nitrogens with zero attached hydrogens (tertiary/aromatic N) is 3. The van der Waals surface area contributed by atoms with E-state index >= 15 is 0 Å². The average Bonchev–Trinajstić information content (AvgIpc) is 2.63. The molecular formula is C9H18N4O2. The molecule has 1 aromatic rings.